The molecule has 4 nitrogen and oxygen atoms in total. The Balaban J connectivity index is 2.27. The maximum absolute atomic E-state index is 11.7. The van der Waals surface area contributed by atoms with E-state index >= 15 is 0 Å². The molecular weight excluding hydrogens is 240 g/mol. The van der Waals surface area contributed by atoms with Crippen LogP contribution in [0.15, 0.2) is 18.2 Å². The highest BCUT2D eigenvalue weighted by Crippen LogP contribution is 2.29. The van der Waals surface area contributed by atoms with Crippen molar-refractivity contribution < 1.29 is 9.53 Å². The predicted octanol–water partition coefficient (Wildman–Crippen LogP) is 1.54. The lowest BCUT2D eigenvalue weighted by atomic mass is 9.93. The number of hydrogen-bond donors (Lipinski definition) is 1. The summed E-state index contributed by atoms with van der Waals surface area (Å²) in [4.78, 5) is 13.4. The normalized spacial score (nSPS) is 16.4. The summed E-state index contributed by atoms with van der Waals surface area (Å²) in [5, 5.41) is 3.20. The first-order chi connectivity index (χ1) is 9.17. The highest BCUT2D eigenvalue weighted by Gasteiger charge is 2.22. The summed E-state index contributed by atoms with van der Waals surface area (Å²) in [5.74, 6) is 0.548. The van der Waals surface area contributed by atoms with Gasteiger partial charge in [-0.05, 0) is 30.7 Å². The number of aryl methyl sites for hydroxylation is 1. The number of nitrogens with one attached hydrogen (secondary N) is 1. The minimum absolute atomic E-state index is 0.198. The lowest BCUT2D eigenvalue weighted by molar-refractivity contribution is -0.118. The lowest BCUT2D eigenvalue weighted by Gasteiger charge is -2.27. The van der Waals surface area contributed by atoms with Crippen molar-refractivity contribution in [2.45, 2.75) is 18.8 Å². The first-order valence-corrected chi connectivity index (χ1v) is 6.70. The maximum atomic E-state index is 11.7. The Kier molecular flexibility index (Phi) is 4.56. The van der Waals surface area contributed by atoms with E-state index in [-0.39, 0.29) is 5.91 Å². The fraction of sp³-hybridized carbons (Fsp3) is 0.533. The van der Waals surface area contributed by atoms with Crippen LogP contribution in [0.3, 0.4) is 0 Å². The van der Waals surface area contributed by atoms with Crippen molar-refractivity contribution in [2.24, 2.45) is 0 Å². The number of hydrogen-bond acceptors (Lipinski definition) is 3. The van der Waals surface area contributed by atoms with Crippen molar-refractivity contribution in [3.05, 3.63) is 29.3 Å². The molecule has 0 saturated carbocycles. The molecule has 0 fully saturated rings. The number of anilines is 1. The topological polar surface area (TPSA) is 41.6 Å². The molecule has 1 aromatic carbocycles. The number of nitrogens with zero attached hydrogens (tertiary/aromatic N) is 1. The van der Waals surface area contributed by atoms with Crippen LogP contribution in [0, 0.1) is 0 Å². The third kappa shape index (κ3) is 2.96. The van der Waals surface area contributed by atoms with Crippen LogP contribution in [0.4, 0.5) is 5.69 Å². The molecule has 0 aromatic heterocycles. The lowest BCUT2D eigenvalue weighted by Crippen LogP contribution is -2.31. The highest BCUT2D eigenvalue weighted by atomic mass is 16.5. The third-order valence-electron chi connectivity index (χ3n) is 3.74. The summed E-state index contributed by atoms with van der Waals surface area (Å²) < 4.78 is 5.29. The molecule has 1 amide bonds. The van der Waals surface area contributed by atoms with Gasteiger partial charge in [0, 0.05) is 38.7 Å². The SMILES string of the molecule is CNCC(COC)c1ccc2c(c1)CCC(=O)N2C. The van der Waals surface area contributed by atoms with Gasteiger partial charge in [-0.3, -0.25) is 4.79 Å². The van der Waals surface area contributed by atoms with Gasteiger partial charge in [0.05, 0.1) is 6.61 Å². The molecule has 4 heteroatoms. The van der Waals surface area contributed by atoms with Crippen molar-refractivity contribution in [3.8, 4) is 0 Å². The summed E-state index contributed by atoms with van der Waals surface area (Å²) in [6.45, 7) is 1.59. The van der Waals surface area contributed by atoms with E-state index in [4.69, 9.17) is 4.74 Å². The second-order valence-corrected chi connectivity index (χ2v) is 5.05. The molecule has 0 radical (unpaired) electrons. The second kappa shape index (κ2) is 6.17. The molecule has 0 saturated heterocycles. The summed E-state index contributed by atoms with van der Waals surface area (Å²) in [5.41, 5.74) is 3.58. The van der Waals surface area contributed by atoms with Gasteiger partial charge in [0.1, 0.15) is 0 Å². The smallest absolute Gasteiger partial charge is 0.227 e. The maximum Gasteiger partial charge on any atom is 0.227 e. The molecule has 0 aliphatic carbocycles. The number of likely N-dealkylation sites (N-methyl/N-ethyl adjacent to an activating group) is 1. The van der Waals surface area contributed by atoms with E-state index in [0.29, 0.717) is 18.9 Å². The summed E-state index contributed by atoms with van der Waals surface area (Å²) in [6.07, 6.45) is 1.44. The van der Waals surface area contributed by atoms with Crippen LogP contribution in [0.5, 0.6) is 0 Å². The van der Waals surface area contributed by atoms with Gasteiger partial charge >= 0.3 is 0 Å². The molecule has 2 rings (SSSR count). The van der Waals surface area contributed by atoms with E-state index in [1.54, 1.807) is 12.0 Å². The molecular formula is C15H22N2O2. The molecule has 1 aromatic rings. The average Bonchev–Trinajstić information content (AvgIpc) is 2.42. The zero-order valence-electron chi connectivity index (χ0n) is 11.9. The Morgan fingerprint density at radius 3 is 2.89 bits per heavy atom. The molecule has 19 heavy (non-hydrogen) atoms. The summed E-state index contributed by atoms with van der Waals surface area (Å²) in [6, 6.07) is 6.38. The van der Waals surface area contributed by atoms with Crippen LogP contribution in [0.2, 0.25) is 0 Å². The third-order valence-corrected chi connectivity index (χ3v) is 3.74. The molecule has 1 N–H and O–H groups in total. The van der Waals surface area contributed by atoms with Crippen molar-refractivity contribution in [2.75, 3.05) is 39.3 Å². The van der Waals surface area contributed by atoms with Crippen LogP contribution in [0.25, 0.3) is 0 Å². The van der Waals surface area contributed by atoms with Crippen molar-refractivity contribution in [1.82, 2.24) is 5.32 Å². The largest absolute Gasteiger partial charge is 0.384 e. The predicted molar refractivity (Wildman–Crippen MR) is 76.7 cm³/mol. The van der Waals surface area contributed by atoms with Gasteiger partial charge < -0.3 is 15.0 Å². The number of methoxy groups -OCH3 is 1. The van der Waals surface area contributed by atoms with Crippen molar-refractivity contribution >= 4 is 11.6 Å². The summed E-state index contributed by atoms with van der Waals surface area (Å²) in [7, 11) is 5.53. The zero-order valence-corrected chi connectivity index (χ0v) is 11.9. The average molecular weight is 262 g/mol. The number of carbonyl (C=O) groups is 1. The minimum Gasteiger partial charge on any atom is -0.384 e. The fourth-order valence-electron chi connectivity index (χ4n) is 2.65. The molecule has 0 spiro atoms. The second-order valence-electron chi connectivity index (χ2n) is 5.05. The molecule has 1 unspecified atom stereocenters. The van der Waals surface area contributed by atoms with Gasteiger partial charge in [-0.25, -0.2) is 0 Å². The standard InChI is InChI=1S/C15H22N2O2/c1-16-9-13(10-19-3)11-4-6-14-12(8-11)5-7-15(18)17(14)2/h4,6,8,13,16H,5,7,9-10H2,1-3H3. The molecule has 104 valence electrons. The molecule has 1 heterocycles. The Morgan fingerprint density at radius 1 is 1.42 bits per heavy atom. The Labute approximate surface area is 114 Å². The monoisotopic (exact) mass is 262 g/mol. The molecule has 0 bridgehead atoms. The minimum atomic E-state index is 0.198. The van der Waals surface area contributed by atoms with Crippen LogP contribution in [-0.2, 0) is 16.0 Å². The van der Waals surface area contributed by atoms with E-state index in [0.717, 1.165) is 18.7 Å². The van der Waals surface area contributed by atoms with Crippen LogP contribution in [0.1, 0.15) is 23.5 Å². The van der Waals surface area contributed by atoms with Crippen LogP contribution < -0.4 is 10.2 Å². The van der Waals surface area contributed by atoms with Gasteiger partial charge in [0.15, 0.2) is 0 Å². The Bertz CT molecular complexity index is 453. The number of fused-ring (bicyclic) bond motifs is 1. The van der Waals surface area contributed by atoms with Gasteiger partial charge in [0.25, 0.3) is 0 Å². The molecule has 1 aliphatic heterocycles. The summed E-state index contributed by atoms with van der Waals surface area (Å²) >= 11 is 0. The quantitative estimate of drug-likeness (QED) is 0.875. The van der Waals surface area contributed by atoms with Crippen molar-refractivity contribution in [1.29, 1.82) is 0 Å². The van der Waals surface area contributed by atoms with Gasteiger partial charge in [-0.1, -0.05) is 12.1 Å². The number of benzene rings is 1. The van der Waals surface area contributed by atoms with Crippen molar-refractivity contribution in [3.63, 3.8) is 0 Å². The number of amides is 1. The molecule has 1 atom stereocenters. The van der Waals surface area contributed by atoms with E-state index in [9.17, 15) is 4.79 Å². The first kappa shape index (κ1) is 14.0. The van der Waals surface area contributed by atoms with E-state index in [2.05, 4.69) is 23.5 Å². The fourth-order valence-corrected chi connectivity index (χ4v) is 2.65. The number of rotatable bonds is 5. The van der Waals surface area contributed by atoms with Gasteiger partial charge in [-0.2, -0.15) is 0 Å². The highest BCUT2D eigenvalue weighted by molar-refractivity contribution is 5.95. The number of carbonyl (C=O) groups excluding carboxylic acids is 1. The molecule has 1 aliphatic rings. The van der Waals surface area contributed by atoms with E-state index in [1.165, 1.54) is 11.1 Å². The van der Waals surface area contributed by atoms with Crippen LogP contribution in [-0.4, -0.2) is 40.3 Å². The Hall–Kier alpha value is -1.39. The number of ether oxygens (including phenoxy) is 1. The zero-order chi connectivity index (χ0) is 13.8. The van der Waals surface area contributed by atoms with E-state index in [1.807, 2.05) is 14.1 Å². The first-order valence-electron chi connectivity index (χ1n) is 6.70. The van der Waals surface area contributed by atoms with Gasteiger partial charge in [-0.15, -0.1) is 0 Å². The van der Waals surface area contributed by atoms with Gasteiger partial charge in [0.2, 0.25) is 5.91 Å². The Morgan fingerprint density at radius 2 is 2.21 bits per heavy atom. The van der Waals surface area contributed by atoms with Crippen LogP contribution >= 0.6 is 0 Å². The van der Waals surface area contributed by atoms with E-state index < -0.39 is 0 Å².